The summed E-state index contributed by atoms with van der Waals surface area (Å²) < 4.78 is 5.28. The van der Waals surface area contributed by atoms with Crippen molar-refractivity contribution in [3.05, 3.63) is 12.7 Å². The lowest BCUT2D eigenvalue weighted by atomic mass is 9.92. The van der Waals surface area contributed by atoms with Crippen LogP contribution in [0, 0.1) is 5.92 Å². The zero-order valence-corrected chi connectivity index (χ0v) is 7.67. The molecule has 1 aliphatic rings. The Kier molecular flexibility index (Phi) is 4.33. The fourth-order valence-corrected chi connectivity index (χ4v) is 1.72. The Hall–Kier alpha value is -0.340. The highest BCUT2D eigenvalue weighted by Gasteiger charge is 2.15. The standard InChI is InChI=1S/C10H19NO/c1-2-3-10(11)8-9-4-6-12-7-5-9/h2,9-10H,1,3-8,11H2. The summed E-state index contributed by atoms with van der Waals surface area (Å²) in [7, 11) is 0. The maximum Gasteiger partial charge on any atom is 0.0468 e. The van der Waals surface area contributed by atoms with E-state index in [0.717, 1.165) is 32.0 Å². The zero-order chi connectivity index (χ0) is 8.81. The third-order valence-electron chi connectivity index (χ3n) is 2.45. The Morgan fingerprint density at radius 2 is 2.17 bits per heavy atom. The number of ether oxygens (including phenoxy) is 1. The lowest BCUT2D eigenvalue weighted by Gasteiger charge is -2.24. The summed E-state index contributed by atoms with van der Waals surface area (Å²) in [5.41, 5.74) is 5.90. The van der Waals surface area contributed by atoms with Gasteiger partial charge in [0.25, 0.3) is 0 Å². The molecule has 0 bridgehead atoms. The van der Waals surface area contributed by atoms with Crippen molar-refractivity contribution in [3.63, 3.8) is 0 Å². The van der Waals surface area contributed by atoms with Gasteiger partial charge in [-0.15, -0.1) is 6.58 Å². The van der Waals surface area contributed by atoms with Crippen LogP contribution in [0.25, 0.3) is 0 Å². The molecule has 0 aromatic carbocycles. The van der Waals surface area contributed by atoms with Gasteiger partial charge in [0.15, 0.2) is 0 Å². The summed E-state index contributed by atoms with van der Waals surface area (Å²) in [6.45, 7) is 5.53. The molecule has 1 rings (SSSR count). The van der Waals surface area contributed by atoms with Crippen molar-refractivity contribution >= 4 is 0 Å². The zero-order valence-electron chi connectivity index (χ0n) is 7.67. The predicted molar refractivity (Wildman–Crippen MR) is 50.9 cm³/mol. The molecule has 1 atom stereocenters. The monoisotopic (exact) mass is 169 g/mol. The molecule has 2 nitrogen and oxygen atoms in total. The van der Waals surface area contributed by atoms with Gasteiger partial charge in [-0.3, -0.25) is 0 Å². The van der Waals surface area contributed by atoms with Crippen LogP contribution >= 0.6 is 0 Å². The lowest BCUT2D eigenvalue weighted by Crippen LogP contribution is -2.26. The molecule has 0 spiro atoms. The van der Waals surface area contributed by atoms with Gasteiger partial charge in [0.1, 0.15) is 0 Å². The van der Waals surface area contributed by atoms with E-state index in [4.69, 9.17) is 10.5 Å². The molecule has 0 saturated carbocycles. The molecule has 2 N–H and O–H groups in total. The summed E-state index contributed by atoms with van der Waals surface area (Å²) in [6.07, 6.45) is 6.35. The molecule has 0 aromatic rings. The van der Waals surface area contributed by atoms with Crippen molar-refractivity contribution in [2.45, 2.75) is 31.7 Å². The first-order valence-corrected chi connectivity index (χ1v) is 4.77. The lowest BCUT2D eigenvalue weighted by molar-refractivity contribution is 0.0619. The average molecular weight is 169 g/mol. The summed E-state index contributed by atoms with van der Waals surface area (Å²) in [5.74, 6) is 0.786. The van der Waals surface area contributed by atoms with Gasteiger partial charge in [-0.25, -0.2) is 0 Å². The Morgan fingerprint density at radius 1 is 1.50 bits per heavy atom. The number of rotatable bonds is 4. The molecular formula is C10H19NO. The van der Waals surface area contributed by atoms with Gasteiger partial charge < -0.3 is 10.5 Å². The van der Waals surface area contributed by atoms with E-state index < -0.39 is 0 Å². The molecule has 1 heterocycles. The Labute approximate surface area is 74.8 Å². The average Bonchev–Trinajstić information content (AvgIpc) is 2.06. The first kappa shape index (κ1) is 9.75. The van der Waals surface area contributed by atoms with Gasteiger partial charge in [-0.2, -0.15) is 0 Å². The second-order valence-electron chi connectivity index (χ2n) is 3.58. The summed E-state index contributed by atoms with van der Waals surface area (Å²) in [6, 6.07) is 0.311. The number of hydrogen-bond acceptors (Lipinski definition) is 2. The maximum absolute atomic E-state index is 5.90. The van der Waals surface area contributed by atoms with E-state index in [1.165, 1.54) is 12.8 Å². The van der Waals surface area contributed by atoms with Crippen LogP contribution in [-0.4, -0.2) is 19.3 Å². The van der Waals surface area contributed by atoms with Gasteiger partial charge in [0, 0.05) is 19.3 Å². The van der Waals surface area contributed by atoms with Crippen LogP contribution in [0.5, 0.6) is 0 Å². The fourth-order valence-electron chi connectivity index (χ4n) is 1.72. The second kappa shape index (κ2) is 5.33. The molecule has 1 saturated heterocycles. The minimum absolute atomic E-state index is 0.311. The van der Waals surface area contributed by atoms with Gasteiger partial charge in [-0.1, -0.05) is 6.08 Å². The highest BCUT2D eigenvalue weighted by Crippen LogP contribution is 2.20. The van der Waals surface area contributed by atoms with Crippen LogP contribution in [-0.2, 0) is 4.74 Å². The van der Waals surface area contributed by atoms with Crippen LogP contribution in [0.15, 0.2) is 12.7 Å². The van der Waals surface area contributed by atoms with Crippen LogP contribution in [0.2, 0.25) is 0 Å². The summed E-state index contributed by atoms with van der Waals surface area (Å²) >= 11 is 0. The molecule has 0 aliphatic carbocycles. The first-order valence-electron chi connectivity index (χ1n) is 4.77. The third-order valence-corrected chi connectivity index (χ3v) is 2.45. The topological polar surface area (TPSA) is 35.2 Å². The van der Waals surface area contributed by atoms with Crippen molar-refractivity contribution in [1.29, 1.82) is 0 Å². The van der Waals surface area contributed by atoms with E-state index in [1.807, 2.05) is 6.08 Å². The van der Waals surface area contributed by atoms with Crippen LogP contribution in [0.1, 0.15) is 25.7 Å². The first-order chi connectivity index (χ1) is 5.83. The van der Waals surface area contributed by atoms with Gasteiger partial charge in [0.05, 0.1) is 0 Å². The third kappa shape index (κ3) is 3.37. The van der Waals surface area contributed by atoms with E-state index in [-0.39, 0.29) is 0 Å². The van der Waals surface area contributed by atoms with Gasteiger partial charge >= 0.3 is 0 Å². The van der Waals surface area contributed by atoms with E-state index in [2.05, 4.69) is 6.58 Å². The minimum Gasteiger partial charge on any atom is -0.381 e. The van der Waals surface area contributed by atoms with E-state index in [1.54, 1.807) is 0 Å². The predicted octanol–water partition coefficient (Wildman–Crippen LogP) is 1.71. The number of hydrogen-bond donors (Lipinski definition) is 1. The van der Waals surface area contributed by atoms with Crippen molar-refractivity contribution in [1.82, 2.24) is 0 Å². The van der Waals surface area contributed by atoms with E-state index in [0.29, 0.717) is 6.04 Å². The second-order valence-corrected chi connectivity index (χ2v) is 3.58. The summed E-state index contributed by atoms with van der Waals surface area (Å²) in [5, 5.41) is 0. The summed E-state index contributed by atoms with van der Waals surface area (Å²) in [4.78, 5) is 0. The molecule has 1 aliphatic heterocycles. The molecule has 12 heavy (non-hydrogen) atoms. The molecular weight excluding hydrogens is 150 g/mol. The SMILES string of the molecule is C=CCC(N)CC1CCOCC1. The van der Waals surface area contributed by atoms with Crippen molar-refractivity contribution in [2.24, 2.45) is 11.7 Å². The molecule has 1 fully saturated rings. The normalized spacial score (nSPS) is 22.1. The van der Waals surface area contributed by atoms with Crippen molar-refractivity contribution in [2.75, 3.05) is 13.2 Å². The fraction of sp³-hybridized carbons (Fsp3) is 0.800. The molecule has 0 radical (unpaired) electrons. The van der Waals surface area contributed by atoms with E-state index in [9.17, 15) is 0 Å². The number of nitrogens with two attached hydrogens (primary N) is 1. The largest absolute Gasteiger partial charge is 0.381 e. The Balaban J connectivity index is 2.15. The molecule has 0 amide bonds. The van der Waals surface area contributed by atoms with Crippen LogP contribution in [0.4, 0.5) is 0 Å². The molecule has 2 heteroatoms. The molecule has 1 unspecified atom stereocenters. The highest BCUT2D eigenvalue weighted by atomic mass is 16.5. The highest BCUT2D eigenvalue weighted by molar-refractivity contribution is 4.78. The Bertz CT molecular complexity index is 130. The van der Waals surface area contributed by atoms with Crippen molar-refractivity contribution in [3.8, 4) is 0 Å². The minimum atomic E-state index is 0.311. The Morgan fingerprint density at radius 3 is 2.75 bits per heavy atom. The molecule has 0 aromatic heterocycles. The molecule has 70 valence electrons. The van der Waals surface area contributed by atoms with Gasteiger partial charge in [-0.05, 0) is 31.6 Å². The van der Waals surface area contributed by atoms with E-state index >= 15 is 0 Å². The maximum atomic E-state index is 5.90. The van der Waals surface area contributed by atoms with Gasteiger partial charge in [0.2, 0.25) is 0 Å². The quantitative estimate of drug-likeness (QED) is 0.650. The van der Waals surface area contributed by atoms with Crippen LogP contribution in [0.3, 0.4) is 0 Å². The smallest absolute Gasteiger partial charge is 0.0468 e. The van der Waals surface area contributed by atoms with Crippen LogP contribution < -0.4 is 5.73 Å². The van der Waals surface area contributed by atoms with Crippen molar-refractivity contribution < 1.29 is 4.74 Å².